The largest absolute Gasteiger partial charge is 0.527 e. The number of nitrogens with two attached hydrogens (primary N) is 1. The van der Waals surface area contributed by atoms with Crippen LogP contribution in [0.25, 0.3) is 0 Å². The fourth-order valence-electron chi connectivity index (χ4n) is 2.31. The van der Waals surface area contributed by atoms with E-state index in [1.807, 2.05) is 31.2 Å². The molecule has 10 heteroatoms. The van der Waals surface area contributed by atoms with Crippen molar-refractivity contribution in [3.05, 3.63) is 59.7 Å². The van der Waals surface area contributed by atoms with Gasteiger partial charge in [-0.05, 0) is 36.6 Å². The molecule has 0 fully saturated rings. The van der Waals surface area contributed by atoms with Crippen LogP contribution in [0.15, 0.2) is 48.5 Å². The minimum atomic E-state index is -4.68. The SMILES string of the molecule is Cc1ccccc1CCC(=O)Oc1ccccc1OP(=O)(O)OC[C@H](N)C(=O)O. The number of phosphoric acid groups is 1. The molecule has 0 aliphatic rings. The Kier molecular flexibility index (Phi) is 7.92. The van der Waals surface area contributed by atoms with E-state index in [1.54, 1.807) is 6.07 Å². The summed E-state index contributed by atoms with van der Waals surface area (Å²) >= 11 is 0. The molecule has 1 unspecified atom stereocenters. The number of aliphatic carboxylic acids is 1. The maximum Gasteiger partial charge on any atom is 0.527 e. The Morgan fingerprint density at radius 3 is 2.38 bits per heavy atom. The molecule has 9 nitrogen and oxygen atoms in total. The topological polar surface area (TPSA) is 145 Å². The zero-order valence-electron chi connectivity index (χ0n) is 15.7. The Morgan fingerprint density at radius 1 is 1.10 bits per heavy atom. The molecule has 0 bridgehead atoms. The molecular formula is C19H22NO8P. The maximum atomic E-state index is 12.2. The van der Waals surface area contributed by atoms with Gasteiger partial charge in [0.2, 0.25) is 0 Å². The molecular weight excluding hydrogens is 401 g/mol. The number of hydrogen-bond acceptors (Lipinski definition) is 7. The molecule has 156 valence electrons. The lowest BCUT2D eigenvalue weighted by Crippen LogP contribution is -2.34. The predicted octanol–water partition coefficient (Wildman–Crippen LogP) is 2.44. The molecule has 2 aromatic rings. The molecule has 4 N–H and O–H groups in total. The predicted molar refractivity (Wildman–Crippen MR) is 104 cm³/mol. The van der Waals surface area contributed by atoms with Gasteiger partial charge in [-0.3, -0.25) is 19.0 Å². The van der Waals surface area contributed by atoms with Crippen LogP contribution in [0, 0.1) is 6.92 Å². The molecule has 0 saturated heterocycles. The van der Waals surface area contributed by atoms with Gasteiger partial charge in [0.25, 0.3) is 0 Å². The van der Waals surface area contributed by atoms with Crippen LogP contribution in [0.5, 0.6) is 11.5 Å². The van der Waals surface area contributed by atoms with Gasteiger partial charge in [-0.1, -0.05) is 36.4 Å². The molecule has 0 saturated carbocycles. The number of benzene rings is 2. The summed E-state index contributed by atoms with van der Waals surface area (Å²) in [5.74, 6) is -2.21. The summed E-state index contributed by atoms with van der Waals surface area (Å²) in [5, 5.41) is 8.69. The van der Waals surface area contributed by atoms with Crippen molar-refractivity contribution in [2.24, 2.45) is 5.73 Å². The van der Waals surface area contributed by atoms with Crippen molar-refractivity contribution in [2.75, 3.05) is 6.61 Å². The number of hydrogen-bond donors (Lipinski definition) is 3. The molecule has 0 aromatic heterocycles. The number of para-hydroxylation sites is 2. The number of rotatable bonds is 10. The Hall–Kier alpha value is -2.71. The first-order valence-corrected chi connectivity index (χ1v) is 10.2. The van der Waals surface area contributed by atoms with Crippen molar-refractivity contribution in [1.29, 1.82) is 0 Å². The van der Waals surface area contributed by atoms with Crippen LogP contribution < -0.4 is 15.0 Å². The van der Waals surface area contributed by atoms with E-state index in [0.717, 1.165) is 11.1 Å². The van der Waals surface area contributed by atoms with Crippen LogP contribution in [0.2, 0.25) is 0 Å². The molecule has 2 atom stereocenters. The monoisotopic (exact) mass is 423 g/mol. The molecule has 2 rings (SSSR count). The Morgan fingerprint density at radius 2 is 1.72 bits per heavy atom. The first-order valence-electron chi connectivity index (χ1n) is 8.67. The van der Waals surface area contributed by atoms with Crippen LogP contribution in [0.1, 0.15) is 17.5 Å². The number of carboxylic acid groups (broad SMARTS) is 1. The summed E-state index contributed by atoms with van der Waals surface area (Å²) in [6, 6.07) is 11.9. The third kappa shape index (κ3) is 7.32. The Bertz CT molecular complexity index is 917. The number of carboxylic acids is 1. The molecule has 0 radical (unpaired) electrons. The second kappa shape index (κ2) is 10.2. The number of carbonyl (C=O) groups is 2. The van der Waals surface area contributed by atoms with Gasteiger partial charge in [-0.25, -0.2) is 4.57 Å². The van der Waals surface area contributed by atoms with E-state index in [9.17, 15) is 19.0 Å². The summed E-state index contributed by atoms with van der Waals surface area (Å²) < 4.78 is 26.8. The van der Waals surface area contributed by atoms with Gasteiger partial charge in [0.1, 0.15) is 6.04 Å². The molecule has 2 aromatic carbocycles. The number of ether oxygens (including phenoxy) is 1. The van der Waals surface area contributed by atoms with Gasteiger partial charge >= 0.3 is 19.8 Å². The summed E-state index contributed by atoms with van der Waals surface area (Å²) in [7, 11) is -4.68. The minimum absolute atomic E-state index is 0.0670. The molecule has 0 spiro atoms. The highest BCUT2D eigenvalue weighted by Gasteiger charge is 2.27. The molecule has 0 amide bonds. The van der Waals surface area contributed by atoms with Crippen molar-refractivity contribution in [2.45, 2.75) is 25.8 Å². The molecule has 0 heterocycles. The van der Waals surface area contributed by atoms with Gasteiger partial charge in [-0.15, -0.1) is 0 Å². The van der Waals surface area contributed by atoms with Crippen LogP contribution >= 0.6 is 7.82 Å². The second-order valence-electron chi connectivity index (χ2n) is 6.15. The molecule has 29 heavy (non-hydrogen) atoms. The van der Waals surface area contributed by atoms with Crippen molar-refractivity contribution < 1.29 is 37.9 Å². The summed E-state index contributed by atoms with van der Waals surface area (Å²) in [6.07, 6.45) is 0.573. The average Bonchev–Trinajstić information content (AvgIpc) is 2.67. The lowest BCUT2D eigenvalue weighted by molar-refractivity contribution is -0.139. The first kappa shape index (κ1) is 22.6. The second-order valence-corrected chi connectivity index (χ2v) is 7.53. The van der Waals surface area contributed by atoms with E-state index >= 15 is 0 Å². The number of carbonyl (C=O) groups excluding carboxylic acids is 1. The summed E-state index contributed by atoms with van der Waals surface area (Å²) in [6.45, 7) is 1.21. The van der Waals surface area contributed by atoms with Crippen molar-refractivity contribution in [1.82, 2.24) is 0 Å². The van der Waals surface area contributed by atoms with Gasteiger partial charge in [0.15, 0.2) is 11.5 Å². The van der Waals surface area contributed by atoms with E-state index in [2.05, 4.69) is 4.52 Å². The van der Waals surface area contributed by atoms with Crippen LogP contribution in [-0.2, 0) is 25.1 Å². The fourth-order valence-corrected chi connectivity index (χ4v) is 3.11. The standard InChI is InChI=1S/C19H22NO8P/c1-13-6-2-3-7-14(13)10-11-18(21)27-16-8-4-5-9-17(16)28-29(24,25)26-12-15(20)19(22)23/h2-9,15H,10-12,20H2,1H3,(H,22,23)(H,24,25)/t15-/m0/s1. The van der Waals surface area contributed by atoms with E-state index in [4.69, 9.17) is 20.1 Å². The van der Waals surface area contributed by atoms with Gasteiger partial charge < -0.3 is 20.1 Å². The quantitative estimate of drug-likeness (QED) is 0.298. The number of esters is 1. The average molecular weight is 423 g/mol. The van der Waals surface area contributed by atoms with Gasteiger partial charge in [-0.2, -0.15) is 0 Å². The zero-order chi connectivity index (χ0) is 21.4. The van der Waals surface area contributed by atoms with Crippen LogP contribution in [0.4, 0.5) is 0 Å². The Balaban J connectivity index is 1.98. The lowest BCUT2D eigenvalue weighted by atomic mass is 10.0. The van der Waals surface area contributed by atoms with Gasteiger partial charge in [0.05, 0.1) is 6.61 Å². The smallest absolute Gasteiger partial charge is 0.480 e. The Labute approximate surface area is 167 Å². The highest BCUT2D eigenvalue weighted by Crippen LogP contribution is 2.46. The van der Waals surface area contributed by atoms with Crippen LogP contribution in [0.3, 0.4) is 0 Å². The van der Waals surface area contributed by atoms with E-state index in [-0.39, 0.29) is 17.9 Å². The fraction of sp³-hybridized carbons (Fsp3) is 0.263. The molecule has 0 aliphatic heterocycles. The summed E-state index contributed by atoms with van der Waals surface area (Å²) in [5.41, 5.74) is 7.29. The molecule has 0 aliphatic carbocycles. The maximum absolute atomic E-state index is 12.2. The first-order chi connectivity index (χ1) is 13.7. The number of aryl methyl sites for hydroxylation is 2. The van der Waals surface area contributed by atoms with Crippen molar-refractivity contribution >= 4 is 19.8 Å². The van der Waals surface area contributed by atoms with E-state index in [0.29, 0.717) is 6.42 Å². The van der Waals surface area contributed by atoms with Crippen molar-refractivity contribution in [3.63, 3.8) is 0 Å². The highest BCUT2D eigenvalue weighted by molar-refractivity contribution is 7.47. The summed E-state index contributed by atoms with van der Waals surface area (Å²) in [4.78, 5) is 32.6. The van der Waals surface area contributed by atoms with E-state index in [1.165, 1.54) is 18.2 Å². The number of phosphoric ester groups is 1. The highest BCUT2D eigenvalue weighted by atomic mass is 31.2. The zero-order valence-corrected chi connectivity index (χ0v) is 16.6. The van der Waals surface area contributed by atoms with Crippen LogP contribution in [-0.4, -0.2) is 34.6 Å². The third-order valence-electron chi connectivity index (χ3n) is 3.88. The van der Waals surface area contributed by atoms with E-state index < -0.39 is 32.4 Å². The normalized spacial score (nSPS) is 13.9. The third-order valence-corrected chi connectivity index (χ3v) is 4.78. The van der Waals surface area contributed by atoms with Gasteiger partial charge in [0, 0.05) is 6.42 Å². The lowest BCUT2D eigenvalue weighted by Gasteiger charge is -2.16. The van der Waals surface area contributed by atoms with Crippen molar-refractivity contribution in [3.8, 4) is 11.5 Å². The minimum Gasteiger partial charge on any atom is -0.480 e.